The van der Waals surface area contributed by atoms with Crippen molar-refractivity contribution >= 4 is 5.97 Å². The molecule has 25 heavy (non-hydrogen) atoms. The number of hydrogen-bond acceptors (Lipinski definition) is 4. The van der Waals surface area contributed by atoms with E-state index in [1.807, 2.05) is 12.1 Å². The number of aliphatic carboxylic acids is 1. The van der Waals surface area contributed by atoms with Crippen LogP contribution in [0.3, 0.4) is 0 Å². The maximum Gasteiger partial charge on any atom is 0.303 e. The van der Waals surface area contributed by atoms with E-state index in [0.717, 1.165) is 5.56 Å². The molecule has 128 valence electrons. The second-order valence-electron chi connectivity index (χ2n) is 5.45. The predicted molar refractivity (Wildman–Crippen MR) is 88.6 cm³/mol. The van der Waals surface area contributed by atoms with Crippen LogP contribution in [0.5, 0.6) is 5.75 Å². The molecule has 0 spiro atoms. The third-order valence-corrected chi connectivity index (χ3v) is 3.58. The SMILES string of the molecule is O=C(O)CCc1ccc(OCc2ncc(-c3cccc(F)c3)o2)cc1. The van der Waals surface area contributed by atoms with Crippen LogP contribution in [-0.4, -0.2) is 16.1 Å². The Morgan fingerprint density at radius 2 is 2.00 bits per heavy atom. The first-order chi connectivity index (χ1) is 12.1. The van der Waals surface area contributed by atoms with Gasteiger partial charge in [-0.1, -0.05) is 24.3 Å². The summed E-state index contributed by atoms with van der Waals surface area (Å²) < 4.78 is 24.4. The predicted octanol–water partition coefficient (Wildman–Crippen LogP) is 4.08. The quantitative estimate of drug-likeness (QED) is 0.701. The number of aryl methyl sites for hydroxylation is 1. The highest BCUT2D eigenvalue weighted by Gasteiger charge is 2.08. The summed E-state index contributed by atoms with van der Waals surface area (Å²) in [6.07, 6.45) is 2.11. The Balaban J connectivity index is 1.58. The van der Waals surface area contributed by atoms with Gasteiger partial charge in [-0.2, -0.15) is 0 Å². The molecule has 2 aromatic carbocycles. The third kappa shape index (κ3) is 4.67. The Morgan fingerprint density at radius 3 is 2.72 bits per heavy atom. The van der Waals surface area contributed by atoms with Gasteiger partial charge in [0.05, 0.1) is 6.20 Å². The molecule has 0 saturated carbocycles. The number of ether oxygens (including phenoxy) is 1. The number of nitrogens with zero attached hydrogens (tertiary/aromatic N) is 1. The van der Waals surface area contributed by atoms with Gasteiger partial charge in [0.25, 0.3) is 0 Å². The van der Waals surface area contributed by atoms with Crippen LogP contribution in [0.1, 0.15) is 17.9 Å². The summed E-state index contributed by atoms with van der Waals surface area (Å²) in [6.45, 7) is 0.143. The van der Waals surface area contributed by atoms with Gasteiger partial charge in [0, 0.05) is 12.0 Å². The van der Waals surface area contributed by atoms with Crippen molar-refractivity contribution in [2.24, 2.45) is 0 Å². The minimum Gasteiger partial charge on any atom is -0.484 e. The molecule has 0 radical (unpaired) electrons. The molecule has 0 amide bonds. The van der Waals surface area contributed by atoms with E-state index in [4.69, 9.17) is 14.3 Å². The fraction of sp³-hybridized carbons (Fsp3) is 0.158. The Kier molecular flexibility index (Phi) is 5.09. The van der Waals surface area contributed by atoms with E-state index in [-0.39, 0.29) is 18.8 Å². The van der Waals surface area contributed by atoms with Gasteiger partial charge in [-0.25, -0.2) is 9.37 Å². The van der Waals surface area contributed by atoms with E-state index >= 15 is 0 Å². The van der Waals surface area contributed by atoms with E-state index in [1.165, 1.54) is 18.3 Å². The molecule has 0 aliphatic carbocycles. The van der Waals surface area contributed by atoms with E-state index in [1.54, 1.807) is 24.3 Å². The summed E-state index contributed by atoms with van der Waals surface area (Å²) in [5.74, 6) is 0.328. The number of hydrogen-bond donors (Lipinski definition) is 1. The van der Waals surface area contributed by atoms with E-state index in [2.05, 4.69) is 4.98 Å². The molecular weight excluding hydrogens is 325 g/mol. The fourth-order valence-electron chi connectivity index (χ4n) is 2.30. The number of halogens is 1. The summed E-state index contributed by atoms with van der Waals surface area (Å²) in [5, 5.41) is 8.68. The zero-order valence-corrected chi connectivity index (χ0v) is 13.3. The average molecular weight is 341 g/mol. The number of carbonyl (C=O) groups is 1. The van der Waals surface area contributed by atoms with Gasteiger partial charge in [-0.3, -0.25) is 4.79 Å². The standard InChI is InChI=1S/C19H16FNO4/c20-15-3-1-2-14(10-15)17-11-21-18(25-17)12-24-16-7-4-13(5-8-16)6-9-19(22)23/h1-5,7-8,10-11H,6,9,12H2,(H,22,23). The smallest absolute Gasteiger partial charge is 0.303 e. The second kappa shape index (κ2) is 7.61. The maximum atomic E-state index is 13.2. The van der Waals surface area contributed by atoms with Crippen LogP contribution in [0, 0.1) is 5.82 Å². The first-order valence-electron chi connectivity index (χ1n) is 7.74. The molecule has 3 aromatic rings. The fourth-order valence-corrected chi connectivity index (χ4v) is 2.30. The maximum absolute atomic E-state index is 13.2. The van der Waals surface area contributed by atoms with Gasteiger partial charge in [0.15, 0.2) is 12.4 Å². The molecule has 0 unspecified atom stereocenters. The van der Waals surface area contributed by atoms with Crippen LogP contribution in [0.15, 0.2) is 59.1 Å². The molecular formula is C19H16FNO4. The Hall–Kier alpha value is -3.15. The molecule has 0 bridgehead atoms. The van der Waals surface area contributed by atoms with Crippen molar-refractivity contribution in [2.45, 2.75) is 19.4 Å². The molecule has 0 atom stereocenters. The number of benzene rings is 2. The minimum atomic E-state index is -0.821. The van der Waals surface area contributed by atoms with Crippen molar-refractivity contribution in [3.8, 4) is 17.1 Å². The summed E-state index contributed by atoms with van der Waals surface area (Å²) >= 11 is 0. The van der Waals surface area contributed by atoms with Crippen LogP contribution in [0.4, 0.5) is 4.39 Å². The highest BCUT2D eigenvalue weighted by Crippen LogP contribution is 2.22. The topological polar surface area (TPSA) is 72.6 Å². The lowest BCUT2D eigenvalue weighted by molar-refractivity contribution is -0.136. The van der Waals surface area contributed by atoms with Gasteiger partial charge >= 0.3 is 5.97 Å². The molecule has 1 aromatic heterocycles. The molecule has 0 aliphatic heterocycles. The van der Waals surface area contributed by atoms with Crippen molar-refractivity contribution in [2.75, 3.05) is 0 Å². The number of oxazole rings is 1. The summed E-state index contributed by atoms with van der Waals surface area (Å²) in [6, 6.07) is 13.3. The number of aromatic nitrogens is 1. The van der Waals surface area contributed by atoms with Gasteiger partial charge in [0.2, 0.25) is 5.89 Å². The number of rotatable bonds is 7. The molecule has 1 heterocycles. The molecule has 0 aliphatic rings. The lowest BCUT2D eigenvalue weighted by Crippen LogP contribution is -1.98. The van der Waals surface area contributed by atoms with Crippen LogP contribution < -0.4 is 4.74 Å². The molecule has 5 nitrogen and oxygen atoms in total. The highest BCUT2D eigenvalue weighted by atomic mass is 19.1. The van der Waals surface area contributed by atoms with Crippen molar-refractivity contribution in [3.05, 3.63) is 72.0 Å². The third-order valence-electron chi connectivity index (χ3n) is 3.58. The zero-order valence-electron chi connectivity index (χ0n) is 13.3. The number of carboxylic acids is 1. The largest absolute Gasteiger partial charge is 0.484 e. The van der Waals surface area contributed by atoms with Crippen molar-refractivity contribution < 1.29 is 23.4 Å². The average Bonchev–Trinajstić information content (AvgIpc) is 3.08. The monoisotopic (exact) mass is 341 g/mol. The second-order valence-corrected chi connectivity index (χ2v) is 5.45. The Bertz CT molecular complexity index is 858. The van der Waals surface area contributed by atoms with Crippen LogP contribution in [0.2, 0.25) is 0 Å². The van der Waals surface area contributed by atoms with Crippen LogP contribution in [-0.2, 0) is 17.8 Å². The lowest BCUT2D eigenvalue weighted by Gasteiger charge is -2.05. The van der Waals surface area contributed by atoms with Gasteiger partial charge < -0.3 is 14.3 Å². The molecule has 0 fully saturated rings. The lowest BCUT2D eigenvalue weighted by atomic mass is 10.1. The normalized spacial score (nSPS) is 10.6. The van der Waals surface area contributed by atoms with E-state index in [0.29, 0.717) is 29.4 Å². The zero-order chi connectivity index (χ0) is 17.6. The van der Waals surface area contributed by atoms with Crippen molar-refractivity contribution in [1.82, 2.24) is 4.98 Å². The Morgan fingerprint density at radius 1 is 1.20 bits per heavy atom. The molecule has 0 saturated heterocycles. The first kappa shape index (κ1) is 16.7. The number of carboxylic acid groups (broad SMARTS) is 1. The minimum absolute atomic E-state index is 0.0966. The Labute approximate surface area is 143 Å². The van der Waals surface area contributed by atoms with Crippen molar-refractivity contribution in [1.29, 1.82) is 0 Å². The van der Waals surface area contributed by atoms with Crippen LogP contribution in [0.25, 0.3) is 11.3 Å². The van der Waals surface area contributed by atoms with Gasteiger partial charge in [-0.15, -0.1) is 0 Å². The van der Waals surface area contributed by atoms with Crippen molar-refractivity contribution in [3.63, 3.8) is 0 Å². The molecule has 1 N–H and O–H groups in total. The molecule has 6 heteroatoms. The summed E-state index contributed by atoms with van der Waals surface area (Å²) in [5.41, 5.74) is 1.54. The van der Waals surface area contributed by atoms with E-state index < -0.39 is 5.97 Å². The van der Waals surface area contributed by atoms with Gasteiger partial charge in [-0.05, 0) is 36.2 Å². The molecule has 3 rings (SSSR count). The van der Waals surface area contributed by atoms with Crippen LogP contribution >= 0.6 is 0 Å². The van der Waals surface area contributed by atoms with Gasteiger partial charge in [0.1, 0.15) is 11.6 Å². The van der Waals surface area contributed by atoms with E-state index in [9.17, 15) is 9.18 Å². The first-order valence-corrected chi connectivity index (χ1v) is 7.74. The highest BCUT2D eigenvalue weighted by molar-refractivity contribution is 5.67. The summed E-state index contributed by atoms with van der Waals surface area (Å²) in [7, 11) is 0. The summed E-state index contributed by atoms with van der Waals surface area (Å²) in [4.78, 5) is 14.7.